The Morgan fingerprint density at radius 2 is 1.92 bits per heavy atom. The number of anilines is 2. The van der Waals surface area contributed by atoms with Crippen molar-refractivity contribution in [2.75, 3.05) is 15.9 Å². The number of halogens is 2. The van der Waals surface area contributed by atoms with Gasteiger partial charge in [-0.05, 0) is 36.8 Å². The number of benzene rings is 2. The zero-order valence-electron chi connectivity index (χ0n) is 13.7. The van der Waals surface area contributed by atoms with Crippen molar-refractivity contribution in [1.29, 1.82) is 0 Å². The Hall–Kier alpha value is -2.12. The summed E-state index contributed by atoms with van der Waals surface area (Å²) in [6.07, 6.45) is 1.10. The first-order chi connectivity index (χ1) is 11.7. The van der Waals surface area contributed by atoms with Crippen LogP contribution in [0.5, 0.6) is 0 Å². The van der Waals surface area contributed by atoms with Crippen LogP contribution in [0.25, 0.3) is 0 Å². The van der Waals surface area contributed by atoms with Gasteiger partial charge in [-0.15, -0.1) is 0 Å². The maximum Gasteiger partial charge on any atom is 0.248 e. The predicted octanol–water partition coefficient (Wildman–Crippen LogP) is 3.66. The van der Waals surface area contributed by atoms with Crippen LogP contribution in [0.1, 0.15) is 13.3 Å². The van der Waals surface area contributed by atoms with Crippen LogP contribution in [-0.4, -0.2) is 26.6 Å². The third-order valence-electron chi connectivity index (χ3n) is 3.51. The fraction of sp³-hybridized carbons (Fsp3) is 0.235. The summed E-state index contributed by atoms with van der Waals surface area (Å²) >= 11 is 5.89. The fourth-order valence-electron chi connectivity index (χ4n) is 2.46. The molecule has 0 aliphatic heterocycles. The first-order valence-electron chi connectivity index (χ1n) is 7.54. The quantitative estimate of drug-likeness (QED) is 0.826. The summed E-state index contributed by atoms with van der Waals surface area (Å²) in [6.45, 7) is 1.65. The average Bonchev–Trinajstić information content (AvgIpc) is 2.52. The Morgan fingerprint density at radius 3 is 2.48 bits per heavy atom. The van der Waals surface area contributed by atoms with Crippen molar-refractivity contribution in [2.24, 2.45) is 0 Å². The molecule has 1 unspecified atom stereocenters. The molecule has 0 radical (unpaired) electrons. The van der Waals surface area contributed by atoms with Crippen LogP contribution in [0.15, 0.2) is 48.5 Å². The Kier molecular flexibility index (Phi) is 6.02. The van der Waals surface area contributed by atoms with E-state index in [9.17, 15) is 17.6 Å². The summed E-state index contributed by atoms with van der Waals surface area (Å²) in [7, 11) is -3.89. The molecule has 0 aliphatic rings. The van der Waals surface area contributed by atoms with E-state index in [2.05, 4.69) is 5.32 Å². The lowest BCUT2D eigenvalue weighted by Gasteiger charge is -2.30. The lowest BCUT2D eigenvalue weighted by atomic mass is 10.1. The number of sulfonamides is 1. The molecule has 2 rings (SSSR count). The minimum atomic E-state index is -3.89. The van der Waals surface area contributed by atoms with Crippen LogP contribution in [0.4, 0.5) is 15.8 Å². The number of amides is 1. The number of nitrogens with zero attached hydrogens (tertiary/aromatic N) is 1. The van der Waals surface area contributed by atoms with Gasteiger partial charge in [-0.25, -0.2) is 12.8 Å². The molecule has 0 spiro atoms. The second-order valence-corrected chi connectivity index (χ2v) is 7.73. The molecule has 1 amide bonds. The number of rotatable bonds is 6. The Labute approximate surface area is 151 Å². The van der Waals surface area contributed by atoms with E-state index in [0.29, 0.717) is 10.7 Å². The second-order valence-electron chi connectivity index (χ2n) is 5.43. The normalized spacial score (nSPS) is 12.5. The molecular weight excluding hydrogens is 367 g/mol. The van der Waals surface area contributed by atoms with Crippen molar-refractivity contribution in [3.05, 3.63) is 59.4 Å². The zero-order valence-corrected chi connectivity index (χ0v) is 15.3. The van der Waals surface area contributed by atoms with Gasteiger partial charge >= 0.3 is 0 Å². The molecule has 2 aromatic carbocycles. The number of nitrogens with one attached hydrogen (secondary N) is 1. The van der Waals surface area contributed by atoms with Gasteiger partial charge in [-0.3, -0.25) is 9.10 Å². The topological polar surface area (TPSA) is 66.5 Å². The number of hydrogen-bond donors (Lipinski definition) is 1. The van der Waals surface area contributed by atoms with Gasteiger partial charge in [-0.1, -0.05) is 36.7 Å². The number of para-hydroxylation sites is 1. The molecule has 0 aromatic heterocycles. The number of carbonyl (C=O) groups excluding carboxylic acids is 1. The molecule has 2 aromatic rings. The highest BCUT2D eigenvalue weighted by molar-refractivity contribution is 7.92. The van der Waals surface area contributed by atoms with E-state index in [0.717, 1.165) is 16.6 Å². The van der Waals surface area contributed by atoms with Crippen LogP contribution in [0, 0.1) is 5.82 Å². The molecule has 0 aliphatic carbocycles. The summed E-state index contributed by atoms with van der Waals surface area (Å²) in [5, 5.41) is 3.05. The largest absolute Gasteiger partial charge is 0.324 e. The van der Waals surface area contributed by atoms with Crippen LogP contribution in [-0.2, 0) is 14.8 Å². The predicted molar refractivity (Wildman–Crippen MR) is 97.9 cm³/mol. The summed E-state index contributed by atoms with van der Waals surface area (Å²) in [6, 6.07) is 10.8. The van der Waals surface area contributed by atoms with Gasteiger partial charge in [0.1, 0.15) is 11.9 Å². The van der Waals surface area contributed by atoms with Crippen LogP contribution in [0.2, 0.25) is 5.02 Å². The van der Waals surface area contributed by atoms with E-state index in [1.54, 1.807) is 31.2 Å². The van der Waals surface area contributed by atoms with Gasteiger partial charge in [0.05, 0.1) is 11.9 Å². The minimum Gasteiger partial charge on any atom is -0.324 e. The average molecular weight is 385 g/mol. The minimum absolute atomic E-state index is 0.161. The van der Waals surface area contributed by atoms with Gasteiger partial charge < -0.3 is 5.32 Å². The van der Waals surface area contributed by atoms with Crippen molar-refractivity contribution in [3.63, 3.8) is 0 Å². The molecule has 0 fully saturated rings. The molecule has 0 saturated carbocycles. The zero-order chi connectivity index (χ0) is 18.6. The van der Waals surface area contributed by atoms with Crippen molar-refractivity contribution in [1.82, 2.24) is 0 Å². The van der Waals surface area contributed by atoms with E-state index in [-0.39, 0.29) is 12.1 Å². The third kappa shape index (κ3) is 4.70. The highest BCUT2D eigenvalue weighted by Crippen LogP contribution is 2.26. The maximum absolute atomic E-state index is 14.2. The molecule has 0 heterocycles. The molecule has 8 heteroatoms. The summed E-state index contributed by atoms with van der Waals surface area (Å²) in [4.78, 5) is 12.6. The van der Waals surface area contributed by atoms with Crippen molar-refractivity contribution < 1.29 is 17.6 Å². The maximum atomic E-state index is 14.2. The summed E-state index contributed by atoms with van der Waals surface area (Å²) in [5.41, 5.74) is 0.260. The van der Waals surface area contributed by atoms with Gasteiger partial charge in [0.25, 0.3) is 0 Å². The van der Waals surface area contributed by atoms with Crippen molar-refractivity contribution in [3.8, 4) is 0 Å². The van der Waals surface area contributed by atoms with E-state index < -0.39 is 27.8 Å². The van der Waals surface area contributed by atoms with E-state index in [1.807, 2.05) is 0 Å². The lowest BCUT2D eigenvalue weighted by molar-refractivity contribution is -0.117. The van der Waals surface area contributed by atoms with Crippen LogP contribution >= 0.6 is 11.6 Å². The Balaban J connectivity index is 2.40. The first kappa shape index (κ1) is 19.2. The molecule has 5 nitrogen and oxygen atoms in total. The number of carbonyl (C=O) groups is 1. The van der Waals surface area contributed by atoms with Gasteiger partial charge in [-0.2, -0.15) is 0 Å². The Morgan fingerprint density at radius 1 is 1.24 bits per heavy atom. The molecule has 0 saturated heterocycles. The third-order valence-corrected chi connectivity index (χ3v) is 4.91. The molecule has 1 atom stereocenters. The SMILES string of the molecule is CCC(C(=O)Nc1cccc(Cl)c1)N(c1ccccc1F)S(C)(=O)=O. The smallest absolute Gasteiger partial charge is 0.248 e. The second kappa shape index (κ2) is 7.84. The van der Waals surface area contributed by atoms with Gasteiger partial charge in [0.2, 0.25) is 15.9 Å². The van der Waals surface area contributed by atoms with E-state index in [4.69, 9.17) is 11.6 Å². The van der Waals surface area contributed by atoms with Gasteiger partial charge in [0, 0.05) is 10.7 Å². The van der Waals surface area contributed by atoms with E-state index >= 15 is 0 Å². The van der Waals surface area contributed by atoms with Crippen LogP contribution in [0.3, 0.4) is 0 Å². The molecular formula is C17H18ClFN2O3S. The summed E-state index contributed by atoms with van der Waals surface area (Å²) in [5.74, 6) is -1.29. The fourth-order valence-corrected chi connectivity index (χ4v) is 3.86. The Bertz CT molecular complexity index is 874. The van der Waals surface area contributed by atoms with Crippen LogP contribution < -0.4 is 9.62 Å². The summed E-state index contributed by atoms with van der Waals surface area (Å²) < 4.78 is 39.5. The molecule has 25 heavy (non-hydrogen) atoms. The van der Waals surface area contributed by atoms with Gasteiger partial charge in [0.15, 0.2) is 0 Å². The van der Waals surface area contributed by atoms with E-state index in [1.165, 1.54) is 18.2 Å². The lowest BCUT2D eigenvalue weighted by Crippen LogP contribution is -2.47. The van der Waals surface area contributed by atoms with Crippen molar-refractivity contribution in [2.45, 2.75) is 19.4 Å². The number of hydrogen-bond acceptors (Lipinski definition) is 3. The monoisotopic (exact) mass is 384 g/mol. The highest BCUT2D eigenvalue weighted by Gasteiger charge is 2.33. The standard InChI is InChI=1S/C17H18ClFN2O3S/c1-3-15(17(22)20-13-8-6-7-12(18)11-13)21(25(2,23)24)16-10-5-4-9-14(16)19/h4-11,15H,3H2,1-2H3,(H,20,22). The molecule has 0 bridgehead atoms. The molecule has 134 valence electrons. The van der Waals surface area contributed by atoms with Crippen molar-refractivity contribution >= 4 is 38.9 Å². The first-order valence-corrected chi connectivity index (χ1v) is 9.77. The highest BCUT2D eigenvalue weighted by atomic mass is 35.5. The molecule has 1 N–H and O–H groups in total.